The highest BCUT2D eigenvalue weighted by Gasteiger charge is 2.30. The molecule has 0 aromatic rings. The van der Waals surface area contributed by atoms with Crippen molar-refractivity contribution in [3.05, 3.63) is 0 Å². The lowest BCUT2D eigenvalue weighted by molar-refractivity contribution is -0.140. The first kappa shape index (κ1) is 13.8. The van der Waals surface area contributed by atoms with Gasteiger partial charge in [0.1, 0.15) is 0 Å². The number of aliphatic hydroxyl groups excluding tert-OH is 1. The van der Waals surface area contributed by atoms with Crippen molar-refractivity contribution in [2.75, 3.05) is 13.2 Å². The van der Waals surface area contributed by atoms with Gasteiger partial charge >= 0.3 is 12.0 Å². The number of carbonyl (C=O) groups excluding carboxylic acids is 1. The number of aliphatic carboxylic acids is 1. The molecule has 98 valence electrons. The molecule has 1 saturated carbocycles. The molecule has 1 aliphatic rings. The molecule has 17 heavy (non-hydrogen) atoms. The van der Waals surface area contributed by atoms with Gasteiger partial charge < -0.3 is 20.4 Å². The minimum Gasteiger partial charge on any atom is -0.480 e. The largest absolute Gasteiger partial charge is 0.480 e. The van der Waals surface area contributed by atoms with Crippen LogP contribution < -0.4 is 5.32 Å². The maximum atomic E-state index is 11.9. The molecule has 0 aromatic heterocycles. The summed E-state index contributed by atoms with van der Waals surface area (Å²) in [6.45, 7) is 3.82. The lowest BCUT2D eigenvalue weighted by Gasteiger charge is -2.28. The van der Waals surface area contributed by atoms with Gasteiger partial charge in [-0.1, -0.05) is 0 Å². The summed E-state index contributed by atoms with van der Waals surface area (Å²) < 4.78 is 0. The molecular weight excluding hydrogens is 224 g/mol. The maximum absolute atomic E-state index is 11.9. The number of urea groups is 1. The maximum Gasteiger partial charge on any atom is 0.328 e. The average Bonchev–Trinajstić information content (AvgIpc) is 3.04. The van der Waals surface area contributed by atoms with E-state index in [0.29, 0.717) is 12.5 Å². The first-order valence-corrected chi connectivity index (χ1v) is 5.86. The summed E-state index contributed by atoms with van der Waals surface area (Å²) in [6.07, 6.45) is 2.25. The number of carboxylic acid groups (broad SMARTS) is 1. The van der Waals surface area contributed by atoms with E-state index in [4.69, 9.17) is 10.2 Å². The molecule has 6 heteroatoms. The molecule has 1 rings (SSSR count). The Morgan fingerprint density at radius 3 is 2.35 bits per heavy atom. The third-order valence-corrected chi connectivity index (χ3v) is 2.81. The molecule has 0 heterocycles. The summed E-state index contributed by atoms with van der Waals surface area (Å²) in [4.78, 5) is 24.2. The van der Waals surface area contributed by atoms with Crippen molar-refractivity contribution in [2.45, 2.75) is 38.8 Å². The number of nitrogens with zero attached hydrogens (tertiary/aromatic N) is 1. The second-order valence-electron chi connectivity index (χ2n) is 4.71. The number of carbonyl (C=O) groups is 2. The fraction of sp³-hybridized carbons (Fsp3) is 0.818. The van der Waals surface area contributed by atoms with Gasteiger partial charge in [-0.05, 0) is 32.6 Å². The summed E-state index contributed by atoms with van der Waals surface area (Å²) in [5.41, 5.74) is 0. The Bertz CT molecular complexity index is 289. The van der Waals surface area contributed by atoms with Crippen molar-refractivity contribution in [1.29, 1.82) is 0 Å². The van der Waals surface area contributed by atoms with Gasteiger partial charge in [0.05, 0.1) is 6.61 Å². The quantitative estimate of drug-likeness (QED) is 0.625. The lowest BCUT2D eigenvalue weighted by atomic mass is 10.2. The molecule has 0 unspecified atom stereocenters. The first-order chi connectivity index (χ1) is 7.95. The third kappa shape index (κ3) is 4.22. The van der Waals surface area contributed by atoms with E-state index < -0.39 is 24.6 Å². The summed E-state index contributed by atoms with van der Waals surface area (Å²) in [6, 6.07) is -1.64. The summed E-state index contributed by atoms with van der Waals surface area (Å²) >= 11 is 0. The van der Waals surface area contributed by atoms with E-state index in [1.54, 1.807) is 4.90 Å². The fourth-order valence-corrected chi connectivity index (χ4v) is 1.52. The standard InChI is InChI=1S/C11H20N2O4/c1-7(2)13(5-8-3-4-8)11(17)12-9(6-14)10(15)16/h7-9,14H,3-6H2,1-2H3,(H,12,17)(H,15,16)/t9-/m0/s1. The van der Waals surface area contributed by atoms with E-state index in [0.717, 1.165) is 12.8 Å². The van der Waals surface area contributed by atoms with Gasteiger partial charge in [-0.25, -0.2) is 9.59 Å². The average molecular weight is 244 g/mol. The van der Waals surface area contributed by atoms with Crippen LogP contribution >= 0.6 is 0 Å². The molecule has 0 aromatic carbocycles. The van der Waals surface area contributed by atoms with Crippen LogP contribution in [-0.4, -0.2) is 52.3 Å². The topological polar surface area (TPSA) is 89.9 Å². The summed E-state index contributed by atoms with van der Waals surface area (Å²) in [5, 5.41) is 19.9. The van der Waals surface area contributed by atoms with Crippen LogP contribution in [0.1, 0.15) is 26.7 Å². The number of hydrogen-bond donors (Lipinski definition) is 3. The summed E-state index contributed by atoms with van der Waals surface area (Å²) in [5.74, 6) is -0.684. The minimum absolute atomic E-state index is 0.0173. The number of nitrogens with one attached hydrogen (secondary N) is 1. The van der Waals surface area contributed by atoms with Gasteiger partial charge in [-0.2, -0.15) is 0 Å². The van der Waals surface area contributed by atoms with Gasteiger partial charge in [-0.3, -0.25) is 0 Å². The molecule has 1 atom stereocenters. The van der Waals surface area contributed by atoms with Crippen molar-refractivity contribution in [2.24, 2.45) is 5.92 Å². The van der Waals surface area contributed by atoms with E-state index in [-0.39, 0.29) is 6.04 Å². The molecule has 1 fully saturated rings. The van der Waals surface area contributed by atoms with Crippen LogP contribution in [0.25, 0.3) is 0 Å². The summed E-state index contributed by atoms with van der Waals surface area (Å²) in [7, 11) is 0. The third-order valence-electron chi connectivity index (χ3n) is 2.81. The van der Waals surface area contributed by atoms with Crippen LogP contribution in [0.5, 0.6) is 0 Å². The van der Waals surface area contributed by atoms with Crippen molar-refractivity contribution in [3.63, 3.8) is 0 Å². The Balaban J connectivity index is 2.53. The molecule has 1 aliphatic carbocycles. The van der Waals surface area contributed by atoms with Crippen molar-refractivity contribution < 1.29 is 19.8 Å². The molecule has 6 nitrogen and oxygen atoms in total. The van der Waals surface area contributed by atoms with Crippen LogP contribution in [0, 0.1) is 5.92 Å². The monoisotopic (exact) mass is 244 g/mol. The van der Waals surface area contributed by atoms with Crippen LogP contribution in [0.3, 0.4) is 0 Å². The molecule has 0 radical (unpaired) electrons. The van der Waals surface area contributed by atoms with Crippen LogP contribution in [-0.2, 0) is 4.79 Å². The highest BCUT2D eigenvalue weighted by atomic mass is 16.4. The number of carboxylic acids is 1. The van der Waals surface area contributed by atoms with Crippen molar-refractivity contribution in [1.82, 2.24) is 10.2 Å². The van der Waals surface area contributed by atoms with Gasteiger partial charge in [0.2, 0.25) is 0 Å². The molecule has 0 saturated heterocycles. The molecule has 2 amide bonds. The van der Waals surface area contributed by atoms with Crippen molar-refractivity contribution in [3.8, 4) is 0 Å². The van der Waals surface area contributed by atoms with Gasteiger partial charge in [0.15, 0.2) is 6.04 Å². The van der Waals surface area contributed by atoms with Gasteiger partial charge in [0.25, 0.3) is 0 Å². The zero-order valence-corrected chi connectivity index (χ0v) is 10.2. The smallest absolute Gasteiger partial charge is 0.328 e. The Kier molecular flexibility index (Phi) is 4.74. The fourth-order valence-electron chi connectivity index (χ4n) is 1.52. The molecule has 0 spiro atoms. The second-order valence-corrected chi connectivity index (χ2v) is 4.71. The Hall–Kier alpha value is -1.30. The van der Waals surface area contributed by atoms with Crippen molar-refractivity contribution >= 4 is 12.0 Å². The van der Waals surface area contributed by atoms with E-state index in [9.17, 15) is 9.59 Å². The zero-order chi connectivity index (χ0) is 13.0. The number of rotatable bonds is 6. The van der Waals surface area contributed by atoms with E-state index >= 15 is 0 Å². The predicted octanol–water partition coefficient (Wildman–Crippen LogP) is 0.262. The zero-order valence-electron chi connectivity index (χ0n) is 10.2. The van der Waals surface area contributed by atoms with Crippen LogP contribution in [0.2, 0.25) is 0 Å². The van der Waals surface area contributed by atoms with E-state index in [1.165, 1.54) is 0 Å². The van der Waals surface area contributed by atoms with E-state index in [2.05, 4.69) is 5.32 Å². The highest BCUT2D eigenvalue weighted by molar-refractivity contribution is 5.82. The predicted molar refractivity (Wildman–Crippen MR) is 61.6 cm³/mol. The normalized spacial score (nSPS) is 16.7. The molecular formula is C11H20N2O4. The number of aliphatic hydroxyl groups is 1. The van der Waals surface area contributed by atoms with Gasteiger partial charge in [-0.15, -0.1) is 0 Å². The second kappa shape index (κ2) is 5.86. The first-order valence-electron chi connectivity index (χ1n) is 5.86. The SMILES string of the molecule is CC(C)N(CC1CC1)C(=O)N[C@@H](CO)C(=O)O. The molecule has 0 bridgehead atoms. The number of hydrogen-bond acceptors (Lipinski definition) is 3. The number of amides is 2. The molecule has 3 N–H and O–H groups in total. The molecule has 0 aliphatic heterocycles. The lowest BCUT2D eigenvalue weighted by Crippen LogP contribution is -2.52. The minimum atomic E-state index is -1.23. The Labute approximate surface area is 101 Å². The van der Waals surface area contributed by atoms with Crippen LogP contribution in [0.4, 0.5) is 4.79 Å². The highest BCUT2D eigenvalue weighted by Crippen LogP contribution is 2.30. The Morgan fingerprint density at radius 2 is 2.00 bits per heavy atom. The van der Waals surface area contributed by atoms with Crippen LogP contribution in [0.15, 0.2) is 0 Å². The van der Waals surface area contributed by atoms with E-state index in [1.807, 2.05) is 13.8 Å². The van der Waals surface area contributed by atoms with Gasteiger partial charge in [0, 0.05) is 12.6 Å². The Morgan fingerprint density at radius 1 is 1.41 bits per heavy atom.